The molecule has 0 saturated carbocycles. The molecule has 0 aromatic heterocycles. The van der Waals surface area contributed by atoms with Crippen LogP contribution >= 0.6 is 39.1 Å². The molecule has 0 bridgehead atoms. The molecule has 1 atom stereocenters. The predicted molar refractivity (Wildman–Crippen MR) is 68.1 cm³/mol. The number of alkyl halides is 1. The van der Waals surface area contributed by atoms with Crippen molar-refractivity contribution in [3.63, 3.8) is 0 Å². The Morgan fingerprint density at radius 3 is 2.71 bits per heavy atom. The number of benzene rings is 1. The smallest absolute Gasteiger partial charge is 0.0517 e. The van der Waals surface area contributed by atoms with Gasteiger partial charge in [0.05, 0.1) is 5.38 Å². The normalized spacial score (nSPS) is 14.2. The van der Waals surface area contributed by atoms with Gasteiger partial charge in [-0.15, -0.1) is 11.6 Å². The van der Waals surface area contributed by atoms with Gasteiger partial charge in [0.15, 0.2) is 0 Å². The molecule has 1 unspecified atom stereocenters. The first-order valence-electron chi connectivity index (χ1n) is 4.28. The maximum absolute atomic E-state index is 5.95. The molecule has 0 N–H and O–H groups in total. The fourth-order valence-corrected chi connectivity index (χ4v) is 1.59. The fourth-order valence-electron chi connectivity index (χ4n) is 0.985. The molecule has 0 radical (unpaired) electrons. The van der Waals surface area contributed by atoms with Gasteiger partial charge in [-0.05, 0) is 37.6 Å². The molecule has 0 saturated heterocycles. The summed E-state index contributed by atoms with van der Waals surface area (Å²) in [5.74, 6) is 0. The summed E-state index contributed by atoms with van der Waals surface area (Å²) in [6.07, 6.45) is 2.04. The molecule has 0 aliphatic heterocycles. The molecule has 0 aliphatic carbocycles. The van der Waals surface area contributed by atoms with Crippen molar-refractivity contribution in [2.45, 2.75) is 19.2 Å². The summed E-state index contributed by atoms with van der Waals surface area (Å²) >= 11 is 15.3. The highest BCUT2D eigenvalue weighted by Gasteiger charge is 2.02. The molecule has 0 fully saturated rings. The minimum atomic E-state index is 0.0425. The van der Waals surface area contributed by atoms with Gasteiger partial charge in [0, 0.05) is 9.50 Å². The van der Waals surface area contributed by atoms with Crippen LogP contribution in [0.1, 0.15) is 19.4 Å². The second kappa shape index (κ2) is 5.20. The highest BCUT2D eigenvalue weighted by atomic mass is 79.9. The lowest BCUT2D eigenvalue weighted by Crippen LogP contribution is -1.91. The SMILES string of the molecule is C/C(=C\c1cc(Cl)ccc1Br)C(C)Cl. The van der Waals surface area contributed by atoms with E-state index in [0.717, 1.165) is 20.6 Å². The third kappa shape index (κ3) is 3.30. The lowest BCUT2D eigenvalue weighted by molar-refractivity contribution is 1.12. The average molecular weight is 294 g/mol. The van der Waals surface area contributed by atoms with Crippen LogP contribution in [0, 0.1) is 0 Å². The van der Waals surface area contributed by atoms with E-state index in [2.05, 4.69) is 15.9 Å². The van der Waals surface area contributed by atoms with E-state index in [1.807, 2.05) is 38.1 Å². The summed E-state index contributed by atoms with van der Waals surface area (Å²) in [5, 5.41) is 0.773. The summed E-state index contributed by atoms with van der Waals surface area (Å²) in [4.78, 5) is 0. The molecular formula is C11H11BrCl2. The predicted octanol–water partition coefficient (Wildman–Crippen LogP) is 5.13. The Morgan fingerprint density at radius 1 is 1.50 bits per heavy atom. The average Bonchev–Trinajstić information content (AvgIpc) is 2.11. The maximum atomic E-state index is 5.95. The largest absolute Gasteiger partial charge is 0.118 e. The van der Waals surface area contributed by atoms with Crippen LogP contribution in [0.3, 0.4) is 0 Å². The Labute approximate surface area is 103 Å². The lowest BCUT2D eigenvalue weighted by atomic mass is 10.1. The monoisotopic (exact) mass is 292 g/mol. The first-order valence-corrected chi connectivity index (χ1v) is 5.88. The van der Waals surface area contributed by atoms with Gasteiger partial charge >= 0.3 is 0 Å². The van der Waals surface area contributed by atoms with E-state index in [0.29, 0.717) is 0 Å². The minimum absolute atomic E-state index is 0.0425. The van der Waals surface area contributed by atoms with Crippen molar-refractivity contribution in [3.05, 3.63) is 38.8 Å². The second-order valence-corrected chi connectivity index (χ2v) is 5.12. The highest BCUT2D eigenvalue weighted by molar-refractivity contribution is 9.10. The second-order valence-electron chi connectivity index (χ2n) is 3.17. The first-order chi connectivity index (χ1) is 6.50. The summed E-state index contributed by atoms with van der Waals surface area (Å²) in [5.41, 5.74) is 2.18. The zero-order valence-electron chi connectivity index (χ0n) is 8.02. The molecule has 0 nitrogen and oxygen atoms in total. The Balaban J connectivity index is 3.07. The highest BCUT2D eigenvalue weighted by Crippen LogP contribution is 2.24. The van der Waals surface area contributed by atoms with E-state index in [9.17, 15) is 0 Å². The summed E-state index contributed by atoms with van der Waals surface area (Å²) in [6.45, 7) is 3.96. The van der Waals surface area contributed by atoms with Crippen LogP contribution in [-0.2, 0) is 0 Å². The molecule has 1 aromatic carbocycles. The van der Waals surface area contributed by atoms with Gasteiger partial charge in [0.1, 0.15) is 0 Å². The van der Waals surface area contributed by atoms with Crippen LogP contribution in [0.4, 0.5) is 0 Å². The molecule has 0 heterocycles. The molecule has 14 heavy (non-hydrogen) atoms. The van der Waals surface area contributed by atoms with Gasteiger partial charge in [-0.1, -0.05) is 39.2 Å². The van der Waals surface area contributed by atoms with E-state index in [4.69, 9.17) is 23.2 Å². The van der Waals surface area contributed by atoms with Crippen LogP contribution < -0.4 is 0 Å². The minimum Gasteiger partial charge on any atom is -0.118 e. The Morgan fingerprint density at radius 2 is 2.14 bits per heavy atom. The van der Waals surface area contributed by atoms with Crippen molar-refractivity contribution in [3.8, 4) is 0 Å². The molecule has 0 aliphatic rings. The van der Waals surface area contributed by atoms with Gasteiger partial charge < -0.3 is 0 Å². The van der Waals surface area contributed by atoms with E-state index in [-0.39, 0.29) is 5.38 Å². The van der Waals surface area contributed by atoms with Gasteiger partial charge in [-0.2, -0.15) is 0 Å². The Kier molecular flexibility index (Phi) is 4.49. The van der Waals surface area contributed by atoms with E-state index < -0.39 is 0 Å². The van der Waals surface area contributed by atoms with Crippen molar-refractivity contribution >= 4 is 45.2 Å². The first kappa shape index (κ1) is 12.1. The number of halogens is 3. The third-order valence-corrected chi connectivity index (χ3v) is 3.27. The Hall–Kier alpha value is 0.0200. The number of allylic oxidation sites excluding steroid dienone is 1. The summed E-state index contributed by atoms with van der Waals surface area (Å²) in [7, 11) is 0. The Bertz CT molecular complexity index is 356. The maximum Gasteiger partial charge on any atom is 0.0517 e. The summed E-state index contributed by atoms with van der Waals surface area (Å²) in [6, 6.07) is 5.69. The molecular weight excluding hydrogens is 283 g/mol. The number of hydrogen-bond acceptors (Lipinski definition) is 0. The van der Waals surface area contributed by atoms with Gasteiger partial charge in [0.2, 0.25) is 0 Å². The third-order valence-electron chi connectivity index (χ3n) is 1.97. The van der Waals surface area contributed by atoms with Crippen LogP contribution in [-0.4, -0.2) is 5.38 Å². The standard InChI is InChI=1S/C11H11BrCl2/c1-7(8(2)13)5-9-6-10(14)3-4-11(9)12/h3-6,8H,1-2H3/b7-5+. The topological polar surface area (TPSA) is 0 Å². The zero-order chi connectivity index (χ0) is 10.7. The van der Waals surface area contributed by atoms with E-state index >= 15 is 0 Å². The summed E-state index contributed by atoms with van der Waals surface area (Å²) < 4.78 is 1.03. The molecule has 1 rings (SSSR count). The van der Waals surface area contributed by atoms with E-state index in [1.165, 1.54) is 0 Å². The van der Waals surface area contributed by atoms with Crippen molar-refractivity contribution in [1.82, 2.24) is 0 Å². The molecule has 3 heteroatoms. The van der Waals surface area contributed by atoms with Crippen LogP contribution in [0.2, 0.25) is 5.02 Å². The van der Waals surface area contributed by atoms with Crippen LogP contribution in [0.15, 0.2) is 28.2 Å². The van der Waals surface area contributed by atoms with Crippen LogP contribution in [0.5, 0.6) is 0 Å². The van der Waals surface area contributed by atoms with Crippen molar-refractivity contribution < 1.29 is 0 Å². The van der Waals surface area contributed by atoms with Gasteiger partial charge in [-0.3, -0.25) is 0 Å². The van der Waals surface area contributed by atoms with Crippen molar-refractivity contribution in [2.24, 2.45) is 0 Å². The van der Waals surface area contributed by atoms with Crippen molar-refractivity contribution in [2.75, 3.05) is 0 Å². The molecule has 0 spiro atoms. The zero-order valence-corrected chi connectivity index (χ0v) is 11.1. The molecule has 0 amide bonds. The van der Waals surface area contributed by atoms with Gasteiger partial charge in [0.25, 0.3) is 0 Å². The molecule has 1 aromatic rings. The van der Waals surface area contributed by atoms with Gasteiger partial charge in [-0.25, -0.2) is 0 Å². The number of hydrogen-bond donors (Lipinski definition) is 0. The quantitative estimate of drug-likeness (QED) is 0.663. The molecule has 76 valence electrons. The van der Waals surface area contributed by atoms with Crippen molar-refractivity contribution in [1.29, 1.82) is 0 Å². The lowest BCUT2D eigenvalue weighted by Gasteiger charge is -2.05. The van der Waals surface area contributed by atoms with E-state index in [1.54, 1.807) is 0 Å². The van der Waals surface area contributed by atoms with Crippen LogP contribution in [0.25, 0.3) is 6.08 Å². The number of rotatable bonds is 2. The fraction of sp³-hybridized carbons (Fsp3) is 0.273.